The molecule has 1 aliphatic carbocycles. The summed E-state index contributed by atoms with van der Waals surface area (Å²) in [6.45, 7) is -1.18. The van der Waals surface area contributed by atoms with Crippen molar-refractivity contribution in [3.8, 4) is 0 Å². The third-order valence-corrected chi connectivity index (χ3v) is 1.96. The highest BCUT2D eigenvalue weighted by atomic mass is 19.4. The quantitative estimate of drug-likeness (QED) is 0.703. The molecule has 0 radical (unpaired) electrons. The van der Waals surface area contributed by atoms with Crippen molar-refractivity contribution in [1.82, 2.24) is 0 Å². The first-order valence-electron chi connectivity index (χ1n) is 3.93. The van der Waals surface area contributed by atoms with Gasteiger partial charge < -0.3 is 10.5 Å². The Balaban J connectivity index is 2.23. The van der Waals surface area contributed by atoms with E-state index in [9.17, 15) is 13.2 Å². The molecule has 0 unspecified atom stereocenters. The van der Waals surface area contributed by atoms with Crippen molar-refractivity contribution in [3.63, 3.8) is 0 Å². The maximum Gasteiger partial charge on any atom is 0.411 e. The number of halogens is 3. The summed E-state index contributed by atoms with van der Waals surface area (Å²) >= 11 is 0. The van der Waals surface area contributed by atoms with Crippen LogP contribution in [0.25, 0.3) is 0 Å². The fraction of sp³-hybridized carbons (Fsp3) is 1.00. The van der Waals surface area contributed by atoms with Crippen molar-refractivity contribution in [2.45, 2.75) is 37.6 Å². The molecule has 1 aliphatic rings. The average Bonchev–Trinajstić information content (AvgIpc) is 2.29. The molecule has 0 aromatic carbocycles. The minimum Gasteiger partial charge on any atom is -0.367 e. The molecular formula is C7H12F3NO. The minimum atomic E-state index is -4.23. The monoisotopic (exact) mass is 183 g/mol. The summed E-state index contributed by atoms with van der Waals surface area (Å²) in [6.07, 6.45) is -2.35. The lowest BCUT2D eigenvalue weighted by Crippen LogP contribution is -2.34. The van der Waals surface area contributed by atoms with Crippen LogP contribution >= 0.6 is 0 Å². The minimum absolute atomic E-state index is 0.215. The molecule has 0 heterocycles. The maximum atomic E-state index is 11.7. The van der Waals surface area contributed by atoms with Crippen LogP contribution in [0.1, 0.15) is 19.3 Å². The standard InChI is InChI=1S/C7H12F3NO/c8-7(9,10)4-12-6-3-1-2-5(6)11/h5-6H,1-4,11H2/t5-,6+/m0/s1. The molecule has 1 fully saturated rings. The van der Waals surface area contributed by atoms with Gasteiger partial charge in [-0.15, -0.1) is 0 Å². The van der Waals surface area contributed by atoms with E-state index in [4.69, 9.17) is 5.73 Å². The molecular weight excluding hydrogens is 171 g/mol. The highest BCUT2D eigenvalue weighted by Gasteiger charge is 2.32. The second kappa shape index (κ2) is 3.62. The first-order valence-corrected chi connectivity index (χ1v) is 3.93. The Hall–Kier alpha value is -0.290. The van der Waals surface area contributed by atoms with Crippen LogP contribution in [-0.2, 0) is 4.74 Å². The van der Waals surface area contributed by atoms with Crippen molar-refractivity contribution >= 4 is 0 Å². The van der Waals surface area contributed by atoms with E-state index in [0.29, 0.717) is 6.42 Å². The van der Waals surface area contributed by atoms with Gasteiger partial charge in [0, 0.05) is 6.04 Å². The topological polar surface area (TPSA) is 35.2 Å². The van der Waals surface area contributed by atoms with E-state index in [1.165, 1.54) is 0 Å². The number of hydrogen-bond acceptors (Lipinski definition) is 2. The van der Waals surface area contributed by atoms with Crippen LogP contribution < -0.4 is 5.73 Å². The Kier molecular flexibility index (Phi) is 2.95. The number of ether oxygens (including phenoxy) is 1. The lowest BCUT2D eigenvalue weighted by molar-refractivity contribution is -0.185. The molecule has 2 nitrogen and oxygen atoms in total. The van der Waals surface area contributed by atoms with Crippen molar-refractivity contribution in [3.05, 3.63) is 0 Å². The summed E-state index contributed by atoms with van der Waals surface area (Å²) in [5.74, 6) is 0. The fourth-order valence-corrected chi connectivity index (χ4v) is 1.36. The normalized spacial score (nSPS) is 31.0. The largest absolute Gasteiger partial charge is 0.411 e. The lowest BCUT2D eigenvalue weighted by atomic mass is 10.2. The number of nitrogens with two attached hydrogens (primary N) is 1. The van der Waals surface area contributed by atoms with E-state index < -0.39 is 18.9 Å². The van der Waals surface area contributed by atoms with Gasteiger partial charge in [0.1, 0.15) is 6.61 Å². The van der Waals surface area contributed by atoms with Crippen molar-refractivity contribution in [2.75, 3.05) is 6.61 Å². The smallest absolute Gasteiger partial charge is 0.367 e. The van der Waals surface area contributed by atoms with Crippen molar-refractivity contribution < 1.29 is 17.9 Å². The number of hydrogen-bond donors (Lipinski definition) is 1. The van der Waals surface area contributed by atoms with Gasteiger partial charge in [-0.1, -0.05) is 0 Å². The van der Waals surface area contributed by atoms with Gasteiger partial charge in [0.25, 0.3) is 0 Å². The highest BCUT2D eigenvalue weighted by molar-refractivity contribution is 4.81. The molecule has 1 rings (SSSR count). The van der Waals surface area contributed by atoms with Crippen molar-refractivity contribution in [2.24, 2.45) is 5.73 Å². The van der Waals surface area contributed by atoms with Crippen molar-refractivity contribution in [1.29, 1.82) is 0 Å². The molecule has 0 amide bonds. The van der Waals surface area contributed by atoms with E-state index in [-0.39, 0.29) is 6.04 Å². The summed E-state index contributed by atoms with van der Waals surface area (Å²) in [4.78, 5) is 0. The van der Waals surface area contributed by atoms with Gasteiger partial charge in [-0.25, -0.2) is 0 Å². The number of rotatable bonds is 2. The maximum absolute atomic E-state index is 11.7. The second-order valence-electron chi connectivity index (χ2n) is 3.06. The zero-order chi connectivity index (χ0) is 9.19. The molecule has 0 spiro atoms. The van der Waals surface area contributed by atoms with Crippen LogP contribution in [0.5, 0.6) is 0 Å². The molecule has 0 aliphatic heterocycles. The van der Waals surface area contributed by atoms with Crippen LogP contribution in [-0.4, -0.2) is 24.9 Å². The van der Waals surface area contributed by atoms with Crippen LogP contribution in [0.15, 0.2) is 0 Å². The Morgan fingerprint density at radius 2 is 2.00 bits per heavy atom. The van der Waals surface area contributed by atoms with E-state index in [2.05, 4.69) is 4.74 Å². The van der Waals surface area contributed by atoms with Gasteiger partial charge >= 0.3 is 6.18 Å². The van der Waals surface area contributed by atoms with Crippen LogP contribution in [0, 0.1) is 0 Å². The third-order valence-electron chi connectivity index (χ3n) is 1.96. The molecule has 12 heavy (non-hydrogen) atoms. The Labute approximate surface area is 68.9 Å². The summed E-state index contributed by atoms with van der Waals surface area (Å²) in [6, 6.07) is -0.215. The van der Waals surface area contributed by atoms with Crippen LogP contribution in [0.2, 0.25) is 0 Å². The third kappa shape index (κ3) is 2.98. The molecule has 2 atom stereocenters. The first kappa shape index (κ1) is 9.80. The zero-order valence-electron chi connectivity index (χ0n) is 6.60. The Bertz CT molecular complexity index is 148. The summed E-state index contributed by atoms with van der Waals surface area (Å²) in [7, 11) is 0. The molecule has 0 aromatic heterocycles. The Morgan fingerprint density at radius 3 is 2.42 bits per heavy atom. The molecule has 0 aromatic rings. The highest BCUT2D eigenvalue weighted by Crippen LogP contribution is 2.23. The summed E-state index contributed by atoms with van der Waals surface area (Å²) in [5.41, 5.74) is 5.52. The Morgan fingerprint density at radius 1 is 1.33 bits per heavy atom. The molecule has 0 saturated heterocycles. The van der Waals surface area contributed by atoms with E-state index in [1.807, 2.05) is 0 Å². The van der Waals surface area contributed by atoms with Crippen LogP contribution in [0.3, 0.4) is 0 Å². The molecule has 72 valence electrons. The zero-order valence-corrected chi connectivity index (χ0v) is 6.60. The van der Waals surface area contributed by atoms with Gasteiger partial charge in [-0.2, -0.15) is 13.2 Å². The SMILES string of the molecule is N[C@H]1CCC[C@H]1OCC(F)(F)F. The second-order valence-corrected chi connectivity index (χ2v) is 3.06. The molecule has 5 heteroatoms. The van der Waals surface area contributed by atoms with Gasteiger partial charge in [0.05, 0.1) is 6.10 Å². The molecule has 1 saturated carbocycles. The van der Waals surface area contributed by atoms with Crippen LogP contribution in [0.4, 0.5) is 13.2 Å². The van der Waals surface area contributed by atoms with Gasteiger partial charge in [0.2, 0.25) is 0 Å². The summed E-state index contributed by atoms with van der Waals surface area (Å²) in [5, 5.41) is 0. The van der Waals surface area contributed by atoms with Gasteiger partial charge in [0.15, 0.2) is 0 Å². The lowest BCUT2D eigenvalue weighted by Gasteiger charge is -2.17. The van der Waals surface area contributed by atoms with E-state index >= 15 is 0 Å². The predicted molar refractivity (Wildman–Crippen MR) is 37.6 cm³/mol. The van der Waals surface area contributed by atoms with Gasteiger partial charge in [-0.05, 0) is 19.3 Å². The number of alkyl halides is 3. The van der Waals surface area contributed by atoms with E-state index in [1.54, 1.807) is 0 Å². The predicted octanol–water partition coefficient (Wildman–Crippen LogP) is 1.45. The molecule has 2 N–H and O–H groups in total. The molecule has 0 bridgehead atoms. The summed E-state index contributed by atoms with van der Waals surface area (Å²) < 4.78 is 39.6. The first-order chi connectivity index (χ1) is 5.49. The fourth-order valence-electron chi connectivity index (χ4n) is 1.36. The average molecular weight is 183 g/mol. The van der Waals surface area contributed by atoms with E-state index in [0.717, 1.165) is 12.8 Å². The van der Waals surface area contributed by atoms with Gasteiger partial charge in [-0.3, -0.25) is 0 Å².